The molecule has 0 saturated heterocycles. The molecule has 0 radical (unpaired) electrons. The number of rotatable bonds is 2. The highest BCUT2D eigenvalue weighted by atomic mass is 19.1. The topological polar surface area (TPSA) is 70.5 Å². The molecule has 0 spiro atoms. The number of primary amides is 1. The van der Waals surface area contributed by atoms with Crippen molar-refractivity contribution in [2.24, 2.45) is 10.7 Å². The molecular formula is C11H10FN4O+. The van der Waals surface area contributed by atoms with E-state index in [0.717, 1.165) is 0 Å². The molecule has 6 heteroatoms. The minimum atomic E-state index is -0.607. The smallest absolute Gasteiger partial charge is 0.258 e. The normalized spacial score (nSPS) is 16.9. The number of halogens is 1. The molecule has 0 saturated carbocycles. The van der Waals surface area contributed by atoms with Gasteiger partial charge in [0.2, 0.25) is 12.0 Å². The summed E-state index contributed by atoms with van der Waals surface area (Å²) in [6.45, 7) is 3.57. The maximum Gasteiger partial charge on any atom is 0.258 e. The summed E-state index contributed by atoms with van der Waals surface area (Å²) in [6.07, 6.45) is 1.44. The number of nitrogens with zero attached hydrogens (tertiary/aromatic N) is 2. The minimum absolute atomic E-state index is 0.226. The molecule has 0 fully saturated rings. The monoisotopic (exact) mass is 233 g/mol. The number of benzene rings is 1. The second-order valence-electron chi connectivity index (χ2n) is 3.43. The SMILES string of the molecule is C=[N+]1C=C(C(N)=O)C(=Nc2ccc(F)cc2)N1. The van der Waals surface area contributed by atoms with Gasteiger partial charge >= 0.3 is 0 Å². The number of carbonyl (C=O) groups is 1. The number of nitrogens with two attached hydrogens (primary N) is 1. The van der Waals surface area contributed by atoms with Gasteiger partial charge in [-0.05, 0) is 24.3 Å². The second-order valence-corrected chi connectivity index (χ2v) is 3.43. The number of hydrogen-bond acceptors (Lipinski definition) is 2. The fourth-order valence-corrected chi connectivity index (χ4v) is 1.36. The molecular weight excluding hydrogens is 223 g/mol. The fourth-order valence-electron chi connectivity index (χ4n) is 1.36. The quantitative estimate of drug-likeness (QED) is 0.728. The third-order valence-corrected chi connectivity index (χ3v) is 2.12. The van der Waals surface area contributed by atoms with E-state index in [4.69, 9.17) is 5.73 Å². The van der Waals surface area contributed by atoms with Crippen LogP contribution in [0.15, 0.2) is 41.0 Å². The van der Waals surface area contributed by atoms with E-state index in [-0.39, 0.29) is 11.4 Å². The van der Waals surface area contributed by atoms with E-state index in [0.29, 0.717) is 11.5 Å². The van der Waals surface area contributed by atoms with Crippen LogP contribution in [0, 0.1) is 5.82 Å². The van der Waals surface area contributed by atoms with Gasteiger partial charge in [0.05, 0.1) is 5.69 Å². The van der Waals surface area contributed by atoms with E-state index in [1.165, 1.54) is 35.1 Å². The summed E-state index contributed by atoms with van der Waals surface area (Å²) < 4.78 is 14.0. The third kappa shape index (κ3) is 2.36. The Labute approximate surface area is 96.7 Å². The Morgan fingerprint density at radius 1 is 1.41 bits per heavy atom. The molecule has 0 aromatic heterocycles. The van der Waals surface area contributed by atoms with Gasteiger partial charge in [0.25, 0.3) is 5.91 Å². The summed E-state index contributed by atoms with van der Waals surface area (Å²) in [4.78, 5) is 15.3. The van der Waals surface area contributed by atoms with E-state index in [9.17, 15) is 9.18 Å². The van der Waals surface area contributed by atoms with Crippen LogP contribution in [0.25, 0.3) is 0 Å². The van der Waals surface area contributed by atoms with Crippen LogP contribution in [-0.4, -0.2) is 23.1 Å². The van der Waals surface area contributed by atoms with Gasteiger partial charge in [-0.25, -0.2) is 9.38 Å². The number of aliphatic imine (C=N–C) groups is 1. The van der Waals surface area contributed by atoms with E-state index in [2.05, 4.69) is 17.1 Å². The molecule has 3 N–H and O–H groups in total. The molecule has 0 unspecified atom stereocenters. The number of carbonyl (C=O) groups excluding carboxylic acids is 1. The van der Waals surface area contributed by atoms with Crippen LogP contribution in [0.3, 0.4) is 0 Å². The molecule has 1 aromatic rings. The lowest BCUT2D eigenvalue weighted by atomic mass is 10.2. The van der Waals surface area contributed by atoms with Gasteiger partial charge in [-0.3, -0.25) is 4.79 Å². The summed E-state index contributed by atoms with van der Waals surface area (Å²) in [5.74, 6) is -0.665. The van der Waals surface area contributed by atoms with Crippen LogP contribution in [0.4, 0.5) is 10.1 Å². The minimum Gasteiger partial charge on any atom is -0.365 e. The van der Waals surface area contributed by atoms with Gasteiger partial charge in [-0.2, -0.15) is 0 Å². The first-order valence-corrected chi connectivity index (χ1v) is 4.79. The van der Waals surface area contributed by atoms with Gasteiger partial charge in [-0.1, -0.05) is 4.68 Å². The Hall–Kier alpha value is -2.50. The van der Waals surface area contributed by atoms with Gasteiger partial charge < -0.3 is 5.73 Å². The number of hydrogen-bond donors (Lipinski definition) is 2. The van der Waals surface area contributed by atoms with Crippen molar-refractivity contribution in [2.45, 2.75) is 0 Å². The van der Waals surface area contributed by atoms with Crippen molar-refractivity contribution < 1.29 is 13.9 Å². The Kier molecular flexibility index (Phi) is 2.70. The highest BCUT2D eigenvalue weighted by Gasteiger charge is 2.26. The molecule has 1 aromatic carbocycles. The van der Waals surface area contributed by atoms with E-state index < -0.39 is 5.91 Å². The van der Waals surface area contributed by atoms with Crippen LogP contribution in [0.1, 0.15) is 0 Å². The van der Waals surface area contributed by atoms with Crippen LogP contribution in [-0.2, 0) is 4.79 Å². The van der Waals surface area contributed by atoms with Crippen molar-refractivity contribution in [2.75, 3.05) is 0 Å². The summed E-state index contributed by atoms with van der Waals surface area (Å²) in [5.41, 5.74) is 8.66. The molecule has 0 aliphatic carbocycles. The molecule has 2 rings (SSSR count). The second kappa shape index (κ2) is 4.17. The lowest BCUT2D eigenvalue weighted by Crippen LogP contribution is -2.28. The molecule has 0 bridgehead atoms. The number of hydrazone groups is 1. The number of hydrazine groups is 1. The zero-order chi connectivity index (χ0) is 12.4. The predicted octanol–water partition coefficient (Wildman–Crippen LogP) is 0.456. The van der Waals surface area contributed by atoms with Gasteiger partial charge in [0.1, 0.15) is 5.82 Å². The first-order chi connectivity index (χ1) is 8.06. The van der Waals surface area contributed by atoms with Crippen LogP contribution in [0.5, 0.6) is 0 Å². The van der Waals surface area contributed by atoms with Crippen molar-refractivity contribution >= 4 is 24.1 Å². The van der Waals surface area contributed by atoms with E-state index >= 15 is 0 Å². The zero-order valence-corrected chi connectivity index (χ0v) is 8.85. The summed E-state index contributed by atoms with van der Waals surface area (Å²) in [6, 6.07) is 5.55. The molecule has 1 heterocycles. The van der Waals surface area contributed by atoms with Crippen molar-refractivity contribution in [3.05, 3.63) is 41.9 Å². The molecule has 0 atom stereocenters. The van der Waals surface area contributed by atoms with Crippen LogP contribution < -0.4 is 11.2 Å². The van der Waals surface area contributed by atoms with Gasteiger partial charge in [0.15, 0.2) is 12.3 Å². The molecule has 1 aliphatic rings. The summed E-state index contributed by atoms with van der Waals surface area (Å²) >= 11 is 0. The van der Waals surface area contributed by atoms with Crippen LogP contribution >= 0.6 is 0 Å². The maximum atomic E-state index is 12.7. The van der Waals surface area contributed by atoms with Crippen molar-refractivity contribution in [3.63, 3.8) is 0 Å². The Balaban J connectivity index is 2.34. The average molecular weight is 233 g/mol. The van der Waals surface area contributed by atoms with Crippen LogP contribution in [0.2, 0.25) is 0 Å². The fraction of sp³-hybridized carbons (Fsp3) is 0. The lowest BCUT2D eigenvalue weighted by molar-refractivity contribution is -0.488. The first-order valence-electron chi connectivity index (χ1n) is 4.79. The summed E-state index contributed by atoms with van der Waals surface area (Å²) in [7, 11) is 0. The molecule has 5 nitrogen and oxygen atoms in total. The first kappa shape index (κ1) is 11.0. The third-order valence-electron chi connectivity index (χ3n) is 2.12. The van der Waals surface area contributed by atoms with Crippen molar-refractivity contribution in [1.82, 2.24) is 5.43 Å². The standard InChI is InChI=1S/C11H9FN4O/c1-16-6-9(10(13)17)11(15-16)14-8-4-2-7(12)3-5-8/h2-6H,1H2,(H2-,13,14,15,17)/p+1. The zero-order valence-electron chi connectivity index (χ0n) is 8.85. The predicted molar refractivity (Wildman–Crippen MR) is 61.3 cm³/mol. The maximum absolute atomic E-state index is 12.7. The number of amidine groups is 1. The number of nitrogens with one attached hydrogen (secondary N) is 1. The highest BCUT2D eigenvalue weighted by Crippen LogP contribution is 2.15. The van der Waals surface area contributed by atoms with Gasteiger partial charge in [0, 0.05) is 0 Å². The average Bonchev–Trinajstić information content (AvgIpc) is 2.63. The molecule has 1 amide bonds. The number of amides is 1. The Morgan fingerprint density at radius 2 is 2.06 bits per heavy atom. The molecule has 17 heavy (non-hydrogen) atoms. The molecule has 1 aliphatic heterocycles. The highest BCUT2D eigenvalue weighted by molar-refractivity contribution is 6.20. The van der Waals surface area contributed by atoms with Crippen molar-refractivity contribution in [1.29, 1.82) is 0 Å². The summed E-state index contributed by atoms with van der Waals surface area (Å²) in [5, 5.41) is 0. The van der Waals surface area contributed by atoms with E-state index in [1.807, 2.05) is 0 Å². The molecule has 86 valence electrons. The lowest BCUT2D eigenvalue weighted by Gasteiger charge is -1.97. The van der Waals surface area contributed by atoms with Crippen molar-refractivity contribution in [3.8, 4) is 0 Å². The van der Waals surface area contributed by atoms with E-state index in [1.54, 1.807) is 0 Å². The van der Waals surface area contributed by atoms with Gasteiger partial charge in [-0.15, -0.1) is 5.43 Å². The Morgan fingerprint density at radius 3 is 2.65 bits per heavy atom. The Bertz CT molecular complexity index is 545. The largest absolute Gasteiger partial charge is 0.365 e.